The number of hydrogen-bond acceptors (Lipinski definition) is 2. The fourth-order valence-corrected chi connectivity index (χ4v) is 0.347. The number of terminal acetylenes is 1. The van der Waals surface area contributed by atoms with Gasteiger partial charge in [-0.15, -0.1) is 12.3 Å². The van der Waals surface area contributed by atoms with Crippen LogP contribution in [0.1, 0.15) is 13.3 Å². The Labute approximate surface area is 55.2 Å². The quantitative estimate of drug-likeness (QED) is 0.407. The van der Waals surface area contributed by atoms with Crippen molar-refractivity contribution in [3.8, 4) is 12.3 Å². The zero-order chi connectivity index (χ0) is 7.11. The van der Waals surface area contributed by atoms with Crippen LogP contribution in [0.15, 0.2) is 0 Å². The molecule has 0 saturated heterocycles. The smallest absolute Gasteiger partial charge is 0.155 e. The van der Waals surface area contributed by atoms with Gasteiger partial charge in [-0.1, -0.05) is 0 Å². The Morgan fingerprint density at radius 3 is 2.89 bits per heavy atom. The SMILES string of the molecule is C#CCCOCC(C)=O. The largest absolute Gasteiger partial charge is 0.373 e. The minimum atomic E-state index is 0.0343. The second kappa shape index (κ2) is 5.33. The minimum absolute atomic E-state index is 0.0343. The van der Waals surface area contributed by atoms with Crippen LogP contribution in [0, 0.1) is 12.3 Å². The van der Waals surface area contributed by atoms with Crippen LogP contribution in [0.25, 0.3) is 0 Å². The average Bonchev–Trinajstić information content (AvgIpc) is 1.80. The van der Waals surface area contributed by atoms with Crippen molar-refractivity contribution < 1.29 is 9.53 Å². The van der Waals surface area contributed by atoms with Crippen molar-refractivity contribution in [1.29, 1.82) is 0 Å². The number of ether oxygens (including phenoxy) is 1. The fourth-order valence-electron chi connectivity index (χ4n) is 0.347. The normalized spacial score (nSPS) is 8.44. The van der Waals surface area contributed by atoms with Gasteiger partial charge in [0.15, 0.2) is 5.78 Å². The van der Waals surface area contributed by atoms with Crippen molar-refractivity contribution >= 4 is 5.78 Å². The second-order valence-electron chi connectivity index (χ2n) is 1.71. The molecule has 2 heteroatoms. The first-order valence-electron chi connectivity index (χ1n) is 2.78. The molecular formula is C7H10O2. The van der Waals surface area contributed by atoms with Crippen LogP contribution in [0.3, 0.4) is 0 Å². The van der Waals surface area contributed by atoms with Crippen molar-refractivity contribution in [2.24, 2.45) is 0 Å². The van der Waals surface area contributed by atoms with Crippen LogP contribution in [0.5, 0.6) is 0 Å². The summed E-state index contributed by atoms with van der Waals surface area (Å²) in [5.41, 5.74) is 0. The first-order chi connectivity index (χ1) is 4.27. The van der Waals surface area contributed by atoms with Crippen LogP contribution in [-0.4, -0.2) is 19.0 Å². The molecule has 0 aliphatic carbocycles. The zero-order valence-corrected chi connectivity index (χ0v) is 5.52. The maximum atomic E-state index is 10.2. The molecule has 0 radical (unpaired) electrons. The highest BCUT2D eigenvalue weighted by atomic mass is 16.5. The lowest BCUT2D eigenvalue weighted by atomic mass is 10.4. The predicted octanol–water partition coefficient (Wildman–Crippen LogP) is 0.615. The van der Waals surface area contributed by atoms with Gasteiger partial charge < -0.3 is 4.74 Å². The van der Waals surface area contributed by atoms with E-state index in [0.29, 0.717) is 13.0 Å². The number of carbonyl (C=O) groups excluding carboxylic acids is 1. The second-order valence-corrected chi connectivity index (χ2v) is 1.71. The summed E-state index contributed by atoms with van der Waals surface area (Å²) in [5.74, 6) is 2.44. The van der Waals surface area contributed by atoms with E-state index in [2.05, 4.69) is 5.92 Å². The van der Waals surface area contributed by atoms with Gasteiger partial charge in [-0.25, -0.2) is 0 Å². The van der Waals surface area contributed by atoms with E-state index in [1.165, 1.54) is 6.92 Å². The molecule has 0 fully saturated rings. The molecule has 9 heavy (non-hydrogen) atoms. The van der Waals surface area contributed by atoms with E-state index in [1.807, 2.05) is 0 Å². The molecule has 0 saturated carbocycles. The topological polar surface area (TPSA) is 26.3 Å². The van der Waals surface area contributed by atoms with Crippen LogP contribution >= 0.6 is 0 Å². The predicted molar refractivity (Wildman–Crippen MR) is 34.9 cm³/mol. The summed E-state index contributed by atoms with van der Waals surface area (Å²) < 4.78 is 4.84. The van der Waals surface area contributed by atoms with Crippen molar-refractivity contribution in [2.45, 2.75) is 13.3 Å². The zero-order valence-electron chi connectivity index (χ0n) is 5.52. The van der Waals surface area contributed by atoms with Crippen LogP contribution in [0.2, 0.25) is 0 Å². The number of Topliss-reactive ketones (excluding diaryl/α,β-unsaturated/α-hetero) is 1. The molecule has 0 bridgehead atoms. The molecule has 0 amide bonds. The summed E-state index contributed by atoms with van der Waals surface area (Å²) in [6, 6.07) is 0. The Morgan fingerprint density at radius 1 is 1.78 bits per heavy atom. The summed E-state index contributed by atoms with van der Waals surface area (Å²) in [5, 5.41) is 0. The van der Waals surface area contributed by atoms with E-state index in [9.17, 15) is 4.79 Å². The van der Waals surface area contributed by atoms with Gasteiger partial charge in [0, 0.05) is 6.42 Å². The van der Waals surface area contributed by atoms with Gasteiger partial charge in [0.05, 0.1) is 6.61 Å². The molecule has 0 aliphatic heterocycles. The minimum Gasteiger partial charge on any atom is -0.373 e. The first-order valence-corrected chi connectivity index (χ1v) is 2.78. The Morgan fingerprint density at radius 2 is 2.44 bits per heavy atom. The standard InChI is InChI=1S/C7H10O2/c1-3-4-5-9-6-7(2)8/h1H,4-6H2,2H3. The lowest BCUT2D eigenvalue weighted by Crippen LogP contribution is -2.04. The van der Waals surface area contributed by atoms with Crippen molar-refractivity contribution in [2.75, 3.05) is 13.2 Å². The van der Waals surface area contributed by atoms with Crippen molar-refractivity contribution in [1.82, 2.24) is 0 Å². The average molecular weight is 126 g/mol. The third kappa shape index (κ3) is 7.19. The Bertz CT molecular complexity index is 121. The van der Waals surface area contributed by atoms with Gasteiger partial charge in [0.25, 0.3) is 0 Å². The van der Waals surface area contributed by atoms with Crippen LogP contribution in [-0.2, 0) is 9.53 Å². The monoisotopic (exact) mass is 126 g/mol. The molecule has 0 heterocycles. The molecule has 0 aromatic heterocycles. The number of ketones is 1. The van der Waals surface area contributed by atoms with Gasteiger partial charge in [0.1, 0.15) is 6.61 Å². The van der Waals surface area contributed by atoms with Gasteiger partial charge in [0.2, 0.25) is 0 Å². The van der Waals surface area contributed by atoms with Crippen LogP contribution in [0.4, 0.5) is 0 Å². The molecule has 0 aromatic rings. The summed E-state index contributed by atoms with van der Waals surface area (Å²) in [7, 11) is 0. The summed E-state index contributed by atoms with van der Waals surface area (Å²) in [4.78, 5) is 10.2. The molecule has 0 aliphatic rings. The molecule has 0 N–H and O–H groups in total. The van der Waals surface area contributed by atoms with E-state index < -0.39 is 0 Å². The van der Waals surface area contributed by atoms with Crippen LogP contribution < -0.4 is 0 Å². The van der Waals surface area contributed by atoms with E-state index in [4.69, 9.17) is 11.2 Å². The van der Waals surface area contributed by atoms with E-state index in [1.54, 1.807) is 0 Å². The Hall–Kier alpha value is -0.810. The van der Waals surface area contributed by atoms with Gasteiger partial charge in [-0.3, -0.25) is 4.79 Å². The van der Waals surface area contributed by atoms with Gasteiger partial charge >= 0.3 is 0 Å². The number of rotatable bonds is 4. The molecule has 0 aromatic carbocycles. The van der Waals surface area contributed by atoms with Crippen molar-refractivity contribution in [3.63, 3.8) is 0 Å². The van der Waals surface area contributed by atoms with Crippen molar-refractivity contribution in [3.05, 3.63) is 0 Å². The molecule has 2 nitrogen and oxygen atoms in total. The summed E-state index contributed by atoms with van der Waals surface area (Å²) in [6.07, 6.45) is 5.51. The van der Waals surface area contributed by atoms with Gasteiger partial charge in [-0.2, -0.15) is 0 Å². The summed E-state index contributed by atoms with van der Waals surface area (Å²) >= 11 is 0. The van der Waals surface area contributed by atoms with Gasteiger partial charge in [-0.05, 0) is 6.92 Å². The Kier molecular flexibility index (Phi) is 4.85. The fraction of sp³-hybridized carbons (Fsp3) is 0.571. The maximum Gasteiger partial charge on any atom is 0.155 e. The number of carbonyl (C=O) groups is 1. The molecular weight excluding hydrogens is 116 g/mol. The van der Waals surface area contributed by atoms with E-state index in [0.717, 1.165) is 0 Å². The number of hydrogen-bond donors (Lipinski definition) is 0. The summed E-state index contributed by atoms with van der Waals surface area (Å²) in [6.45, 7) is 2.15. The third-order valence-corrected chi connectivity index (χ3v) is 0.696. The lowest BCUT2D eigenvalue weighted by molar-refractivity contribution is -0.121. The molecule has 50 valence electrons. The molecule has 0 atom stereocenters. The Balaban J connectivity index is 2.94. The first kappa shape index (κ1) is 8.19. The molecule has 0 rings (SSSR count). The molecule has 0 unspecified atom stereocenters. The highest BCUT2D eigenvalue weighted by Gasteiger charge is 1.89. The molecule has 0 spiro atoms. The third-order valence-electron chi connectivity index (χ3n) is 0.696. The highest BCUT2D eigenvalue weighted by molar-refractivity contribution is 5.76. The van der Waals surface area contributed by atoms with E-state index in [-0.39, 0.29) is 12.4 Å². The lowest BCUT2D eigenvalue weighted by Gasteiger charge is -1.94. The van der Waals surface area contributed by atoms with E-state index >= 15 is 0 Å². The highest BCUT2D eigenvalue weighted by Crippen LogP contribution is 1.79. The maximum absolute atomic E-state index is 10.2.